The molecule has 0 unspecified atom stereocenters. The number of carbonyl (C=O) groups is 1. The second-order valence-corrected chi connectivity index (χ2v) is 8.73. The molecule has 0 aromatic heterocycles. The Bertz CT molecular complexity index is 836. The lowest BCUT2D eigenvalue weighted by Gasteiger charge is -2.17. The average Bonchev–Trinajstić information content (AvgIpc) is 3.16. The van der Waals surface area contributed by atoms with Gasteiger partial charge in [-0.05, 0) is 23.8 Å². The average molecular weight is 390 g/mol. The molecule has 1 aliphatic rings. The minimum atomic E-state index is -0.495. The molecule has 0 bridgehead atoms. The van der Waals surface area contributed by atoms with Gasteiger partial charge in [-0.1, -0.05) is 12.1 Å². The van der Waals surface area contributed by atoms with Crippen molar-refractivity contribution in [2.45, 2.75) is 4.58 Å². The topological polar surface area (TPSA) is 75.5 Å². The molecule has 3 rings (SSSR count). The molecule has 1 saturated heterocycles. The van der Waals surface area contributed by atoms with Gasteiger partial charge in [0.1, 0.15) is 0 Å². The Morgan fingerprint density at radius 2 is 1.92 bits per heavy atom. The lowest BCUT2D eigenvalue weighted by molar-refractivity contribution is -0.384. The first kappa shape index (κ1) is 18.6. The minimum Gasteiger partial charge on any atom is -0.377 e. The normalized spacial score (nSPS) is 14.2. The summed E-state index contributed by atoms with van der Waals surface area (Å²) in [6.07, 6.45) is 0. The smallest absolute Gasteiger partial charge is 0.270 e. The van der Waals surface area contributed by atoms with E-state index in [1.165, 1.54) is 17.7 Å². The number of nitro benzene ring substituents is 1. The molecule has 0 saturated carbocycles. The first-order valence-corrected chi connectivity index (χ1v) is 10.2. The Morgan fingerprint density at radius 1 is 1.19 bits per heavy atom. The monoisotopic (exact) mass is 389 g/mol. The van der Waals surface area contributed by atoms with E-state index in [1.54, 1.807) is 25.1 Å². The maximum atomic E-state index is 12.8. The van der Waals surface area contributed by atoms with Crippen molar-refractivity contribution in [3.63, 3.8) is 0 Å². The van der Waals surface area contributed by atoms with Crippen LogP contribution < -0.4 is 10.2 Å². The Labute approximate surface area is 160 Å². The number of carbonyl (C=O) groups excluding carboxylic acids is 1. The van der Waals surface area contributed by atoms with Crippen molar-refractivity contribution in [1.82, 2.24) is 0 Å². The van der Waals surface area contributed by atoms with Gasteiger partial charge >= 0.3 is 0 Å². The van der Waals surface area contributed by atoms with Crippen molar-refractivity contribution in [2.24, 2.45) is 0 Å². The number of hydrogen-bond acceptors (Lipinski definition) is 6. The predicted molar refractivity (Wildman–Crippen MR) is 109 cm³/mol. The van der Waals surface area contributed by atoms with Crippen LogP contribution in [0.5, 0.6) is 0 Å². The summed E-state index contributed by atoms with van der Waals surface area (Å²) in [6, 6.07) is 12.1. The molecule has 8 heteroatoms. The van der Waals surface area contributed by atoms with Gasteiger partial charge in [-0.3, -0.25) is 14.9 Å². The second-order valence-electron chi connectivity index (χ2n) is 6.01. The molecule has 1 N–H and O–H groups in total. The maximum Gasteiger partial charge on any atom is 0.270 e. The van der Waals surface area contributed by atoms with Gasteiger partial charge in [0.15, 0.2) is 0 Å². The summed E-state index contributed by atoms with van der Waals surface area (Å²) in [5, 5.41) is 13.9. The molecular weight excluding hydrogens is 370 g/mol. The standard InChI is InChI=1S/C18H19N3O3S2/c1-20(2)16-7-6-14(21(23)24)11-15(16)17(22)19-13-5-3-4-12(10-13)18-25-8-9-26-18/h3-7,10-11,18H,8-9H2,1-2H3,(H,19,22). The zero-order valence-corrected chi connectivity index (χ0v) is 16.1. The van der Waals surface area contributed by atoms with Crippen LogP contribution in [0.1, 0.15) is 20.5 Å². The molecule has 0 spiro atoms. The number of anilines is 2. The number of nitrogens with zero attached hydrogens (tertiary/aromatic N) is 2. The van der Waals surface area contributed by atoms with Crippen LogP contribution >= 0.6 is 23.5 Å². The van der Waals surface area contributed by atoms with Crippen molar-refractivity contribution in [3.8, 4) is 0 Å². The van der Waals surface area contributed by atoms with Crippen molar-refractivity contribution in [2.75, 3.05) is 35.8 Å². The highest BCUT2D eigenvalue weighted by molar-refractivity contribution is 8.19. The van der Waals surface area contributed by atoms with E-state index in [0.717, 1.165) is 11.5 Å². The minimum absolute atomic E-state index is 0.103. The molecule has 6 nitrogen and oxygen atoms in total. The third-order valence-electron chi connectivity index (χ3n) is 3.96. The third-order valence-corrected chi connectivity index (χ3v) is 7.06. The van der Waals surface area contributed by atoms with E-state index in [-0.39, 0.29) is 17.2 Å². The largest absolute Gasteiger partial charge is 0.377 e. The van der Waals surface area contributed by atoms with Gasteiger partial charge in [0.05, 0.1) is 15.1 Å². The quantitative estimate of drug-likeness (QED) is 0.604. The number of non-ortho nitro benzene ring substituents is 1. The first-order valence-electron chi connectivity index (χ1n) is 8.06. The lowest BCUT2D eigenvalue weighted by atomic mass is 10.1. The number of nitrogens with one attached hydrogen (secondary N) is 1. The van der Waals surface area contributed by atoms with Crippen LogP contribution in [0, 0.1) is 10.1 Å². The molecule has 1 aliphatic heterocycles. The van der Waals surface area contributed by atoms with Crippen LogP contribution in [0.25, 0.3) is 0 Å². The molecule has 1 heterocycles. The van der Waals surface area contributed by atoms with Crippen molar-refractivity contribution in [3.05, 3.63) is 63.7 Å². The van der Waals surface area contributed by atoms with Gasteiger partial charge in [-0.2, -0.15) is 0 Å². The molecule has 26 heavy (non-hydrogen) atoms. The van der Waals surface area contributed by atoms with Gasteiger partial charge in [0, 0.05) is 49.1 Å². The zero-order chi connectivity index (χ0) is 18.7. The molecule has 0 atom stereocenters. The van der Waals surface area contributed by atoms with E-state index in [9.17, 15) is 14.9 Å². The molecule has 2 aromatic carbocycles. The third kappa shape index (κ3) is 4.13. The SMILES string of the molecule is CN(C)c1ccc([N+](=O)[O-])cc1C(=O)Nc1cccc(C2SCCS2)c1. The maximum absolute atomic E-state index is 12.8. The molecule has 1 amide bonds. The van der Waals surface area contributed by atoms with Crippen LogP contribution in [0.3, 0.4) is 0 Å². The highest BCUT2D eigenvalue weighted by Gasteiger charge is 2.20. The highest BCUT2D eigenvalue weighted by Crippen LogP contribution is 2.45. The molecule has 0 radical (unpaired) electrons. The second kappa shape index (κ2) is 8.01. The van der Waals surface area contributed by atoms with Gasteiger partial charge in [0.2, 0.25) is 0 Å². The molecular formula is C18H19N3O3S2. The van der Waals surface area contributed by atoms with Gasteiger partial charge in [-0.25, -0.2) is 0 Å². The highest BCUT2D eigenvalue weighted by atomic mass is 32.2. The van der Waals surface area contributed by atoms with E-state index < -0.39 is 4.92 Å². The van der Waals surface area contributed by atoms with Crippen molar-refractivity contribution < 1.29 is 9.72 Å². The Balaban J connectivity index is 1.86. The number of hydrogen-bond donors (Lipinski definition) is 1. The van der Waals surface area contributed by atoms with Crippen LogP contribution in [-0.4, -0.2) is 36.4 Å². The summed E-state index contributed by atoms with van der Waals surface area (Å²) in [5.41, 5.74) is 2.66. The van der Waals surface area contributed by atoms with E-state index >= 15 is 0 Å². The van der Waals surface area contributed by atoms with E-state index in [2.05, 4.69) is 11.4 Å². The summed E-state index contributed by atoms with van der Waals surface area (Å²) in [4.78, 5) is 25.1. The Kier molecular flexibility index (Phi) is 5.73. The van der Waals surface area contributed by atoms with Gasteiger partial charge < -0.3 is 10.2 Å². The van der Waals surface area contributed by atoms with Crippen molar-refractivity contribution >= 4 is 46.5 Å². The van der Waals surface area contributed by atoms with Gasteiger partial charge in [-0.15, -0.1) is 23.5 Å². The summed E-state index contributed by atoms with van der Waals surface area (Å²) in [6.45, 7) is 0. The first-order chi connectivity index (χ1) is 12.5. The Morgan fingerprint density at radius 3 is 2.58 bits per heavy atom. The molecule has 0 aliphatic carbocycles. The van der Waals surface area contributed by atoms with Gasteiger partial charge in [0.25, 0.3) is 11.6 Å². The number of thioether (sulfide) groups is 2. The summed E-state index contributed by atoms with van der Waals surface area (Å²) in [5.74, 6) is 1.90. The fourth-order valence-corrected chi connectivity index (χ4v) is 5.56. The summed E-state index contributed by atoms with van der Waals surface area (Å²) < 4.78 is 0.391. The summed E-state index contributed by atoms with van der Waals surface area (Å²) in [7, 11) is 3.60. The van der Waals surface area contributed by atoms with Crippen molar-refractivity contribution in [1.29, 1.82) is 0 Å². The number of benzene rings is 2. The predicted octanol–water partition coefficient (Wildman–Crippen LogP) is 4.39. The number of nitro groups is 1. The summed E-state index contributed by atoms with van der Waals surface area (Å²) >= 11 is 3.80. The fourth-order valence-electron chi connectivity index (χ4n) is 2.72. The van der Waals surface area contributed by atoms with Crippen LogP contribution in [0.4, 0.5) is 17.1 Å². The van der Waals surface area contributed by atoms with E-state index in [0.29, 0.717) is 16.0 Å². The van der Waals surface area contributed by atoms with Crippen LogP contribution in [0.15, 0.2) is 42.5 Å². The lowest BCUT2D eigenvalue weighted by Crippen LogP contribution is -2.19. The van der Waals surface area contributed by atoms with Crippen LogP contribution in [0.2, 0.25) is 0 Å². The van der Waals surface area contributed by atoms with E-state index in [4.69, 9.17) is 0 Å². The van der Waals surface area contributed by atoms with E-state index in [1.807, 2.05) is 41.7 Å². The molecule has 136 valence electrons. The zero-order valence-electron chi connectivity index (χ0n) is 14.5. The number of rotatable bonds is 5. The molecule has 2 aromatic rings. The molecule has 1 fully saturated rings. The van der Waals surface area contributed by atoms with Crippen LogP contribution in [-0.2, 0) is 0 Å². The fraction of sp³-hybridized carbons (Fsp3) is 0.278. The Hall–Kier alpha value is -2.19. The number of amides is 1.